The number of rotatable bonds is 3. The molecule has 6 heteroatoms. The molecule has 92 valence electrons. The highest BCUT2D eigenvalue weighted by molar-refractivity contribution is 7.13. The zero-order valence-corrected chi connectivity index (χ0v) is 11.1. The summed E-state index contributed by atoms with van der Waals surface area (Å²) in [4.78, 5) is 19.6. The number of aromatic nitrogens is 2. The molecule has 0 radical (unpaired) electrons. The predicted molar refractivity (Wildman–Crippen MR) is 73.8 cm³/mol. The van der Waals surface area contributed by atoms with E-state index < -0.39 is 0 Å². The lowest BCUT2D eigenvalue weighted by atomic mass is 10.2. The van der Waals surface area contributed by atoms with E-state index in [-0.39, 0.29) is 5.91 Å². The molecule has 0 spiro atoms. The summed E-state index contributed by atoms with van der Waals surface area (Å²) in [5.41, 5.74) is 1.71. The number of carbonyl (C=O) groups is 1. The third-order valence-corrected chi connectivity index (χ3v) is 3.11. The van der Waals surface area contributed by atoms with Crippen molar-refractivity contribution in [3.63, 3.8) is 0 Å². The number of aryl methyl sites for hydroxylation is 1. The second kappa shape index (κ2) is 5.75. The number of amides is 1. The Hall–Kier alpha value is -1.72. The lowest BCUT2D eigenvalue weighted by molar-refractivity contribution is -0.111. The average Bonchev–Trinajstić information content (AvgIpc) is 2.72. The van der Waals surface area contributed by atoms with Crippen LogP contribution >= 0.6 is 22.9 Å². The standard InChI is InChI=1S/C12H10ClN3OS/c1-8-7-18-12(15-8)16-11(17)3-2-9-4-5-14-10(13)6-9/h2-7H,1H3,(H,15,16,17). The third-order valence-electron chi connectivity index (χ3n) is 2.03. The number of halogens is 1. The molecular formula is C12H10ClN3OS. The van der Waals surface area contributed by atoms with E-state index in [4.69, 9.17) is 11.6 Å². The van der Waals surface area contributed by atoms with E-state index >= 15 is 0 Å². The molecule has 0 bridgehead atoms. The van der Waals surface area contributed by atoms with Gasteiger partial charge in [-0.15, -0.1) is 11.3 Å². The molecule has 1 N–H and O–H groups in total. The van der Waals surface area contributed by atoms with Crippen LogP contribution in [0.2, 0.25) is 5.15 Å². The number of thiazole rings is 1. The van der Waals surface area contributed by atoms with Crippen LogP contribution in [0.4, 0.5) is 5.13 Å². The fraction of sp³-hybridized carbons (Fsp3) is 0.0833. The van der Waals surface area contributed by atoms with Crippen molar-refractivity contribution in [3.8, 4) is 0 Å². The number of anilines is 1. The van der Waals surface area contributed by atoms with Crippen molar-refractivity contribution < 1.29 is 4.79 Å². The summed E-state index contributed by atoms with van der Waals surface area (Å²) in [5, 5.41) is 5.55. The Bertz CT molecular complexity index is 595. The van der Waals surface area contributed by atoms with Gasteiger partial charge in [-0.1, -0.05) is 11.6 Å². The van der Waals surface area contributed by atoms with Gasteiger partial charge in [0.2, 0.25) is 5.91 Å². The molecule has 0 saturated heterocycles. The van der Waals surface area contributed by atoms with Crippen LogP contribution in [0.1, 0.15) is 11.3 Å². The molecule has 4 nitrogen and oxygen atoms in total. The van der Waals surface area contributed by atoms with Crippen molar-refractivity contribution in [3.05, 3.63) is 46.2 Å². The monoisotopic (exact) mass is 279 g/mol. The Kier molecular flexibility index (Phi) is 4.07. The first-order valence-electron chi connectivity index (χ1n) is 5.16. The second-order valence-electron chi connectivity index (χ2n) is 3.53. The molecule has 0 aliphatic heterocycles. The number of hydrogen-bond donors (Lipinski definition) is 1. The average molecular weight is 280 g/mol. The van der Waals surface area contributed by atoms with Crippen LogP contribution in [-0.2, 0) is 4.79 Å². The van der Waals surface area contributed by atoms with Crippen molar-refractivity contribution in [2.24, 2.45) is 0 Å². The maximum Gasteiger partial charge on any atom is 0.250 e. The Morgan fingerprint density at radius 2 is 2.39 bits per heavy atom. The molecule has 2 heterocycles. The summed E-state index contributed by atoms with van der Waals surface area (Å²) >= 11 is 7.13. The Labute approximate surface area is 113 Å². The maximum atomic E-state index is 11.6. The van der Waals surface area contributed by atoms with Gasteiger partial charge in [-0.05, 0) is 30.7 Å². The highest BCUT2D eigenvalue weighted by atomic mass is 35.5. The zero-order chi connectivity index (χ0) is 13.0. The molecule has 0 fully saturated rings. The smallest absolute Gasteiger partial charge is 0.250 e. The van der Waals surface area contributed by atoms with Crippen molar-refractivity contribution in [2.45, 2.75) is 6.92 Å². The quantitative estimate of drug-likeness (QED) is 0.694. The van der Waals surface area contributed by atoms with Gasteiger partial charge in [0.1, 0.15) is 5.15 Å². The highest BCUT2D eigenvalue weighted by Gasteiger charge is 2.01. The summed E-state index contributed by atoms with van der Waals surface area (Å²) in [6, 6.07) is 3.45. The van der Waals surface area contributed by atoms with Crippen LogP contribution in [0, 0.1) is 6.92 Å². The van der Waals surface area contributed by atoms with E-state index in [1.165, 1.54) is 17.4 Å². The molecule has 1 amide bonds. The number of pyridine rings is 1. The van der Waals surface area contributed by atoms with E-state index in [1.807, 2.05) is 12.3 Å². The molecule has 0 aliphatic carbocycles. The van der Waals surface area contributed by atoms with Gasteiger partial charge < -0.3 is 0 Å². The minimum absolute atomic E-state index is 0.225. The minimum Gasteiger partial charge on any atom is -0.298 e. The third kappa shape index (κ3) is 3.65. The van der Waals surface area contributed by atoms with Crippen LogP contribution in [0.5, 0.6) is 0 Å². The van der Waals surface area contributed by atoms with Crippen molar-refractivity contribution >= 4 is 40.1 Å². The number of nitrogens with zero attached hydrogens (tertiary/aromatic N) is 2. The summed E-state index contributed by atoms with van der Waals surface area (Å²) in [6.07, 6.45) is 4.69. The number of carbonyl (C=O) groups excluding carboxylic acids is 1. The number of nitrogens with one attached hydrogen (secondary N) is 1. The van der Waals surface area contributed by atoms with Gasteiger partial charge in [0.25, 0.3) is 0 Å². The molecule has 2 aromatic heterocycles. The molecule has 0 atom stereocenters. The Morgan fingerprint density at radius 1 is 1.56 bits per heavy atom. The Morgan fingerprint density at radius 3 is 3.06 bits per heavy atom. The van der Waals surface area contributed by atoms with Gasteiger partial charge in [0.15, 0.2) is 5.13 Å². The topological polar surface area (TPSA) is 54.9 Å². The number of hydrogen-bond acceptors (Lipinski definition) is 4. The normalized spacial score (nSPS) is 10.8. The van der Waals surface area contributed by atoms with Crippen LogP contribution < -0.4 is 5.32 Å². The van der Waals surface area contributed by atoms with Crippen LogP contribution in [0.3, 0.4) is 0 Å². The van der Waals surface area contributed by atoms with Gasteiger partial charge >= 0.3 is 0 Å². The molecule has 0 unspecified atom stereocenters. The highest BCUT2D eigenvalue weighted by Crippen LogP contribution is 2.14. The predicted octanol–water partition coefficient (Wildman–Crippen LogP) is 3.15. The summed E-state index contributed by atoms with van der Waals surface area (Å²) in [7, 11) is 0. The minimum atomic E-state index is -0.225. The summed E-state index contributed by atoms with van der Waals surface area (Å²) in [5.74, 6) is -0.225. The van der Waals surface area contributed by atoms with Gasteiger partial charge in [0, 0.05) is 17.7 Å². The molecular weight excluding hydrogens is 270 g/mol. The molecule has 2 aromatic rings. The lowest BCUT2D eigenvalue weighted by Crippen LogP contribution is -2.07. The van der Waals surface area contributed by atoms with E-state index in [9.17, 15) is 4.79 Å². The first-order chi connectivity index (χ1) is 8.63. The molecule has 0 saturated carbocycles. The van der Waals surface area contributed by atoms with E-state index in [1.54, 1.807) is 24.4 Å². The molecule has 18 heavy (non-hydrogen) atoms. The van der Waals surface area contributed by atoms with Crippen molar-refractivity contribution in [2.75, 3.05) is 5.32 Å². The van der Waals surface area contributed by atoms with Crippen LogP contribution in [0.25, 0.3) is 6.08 Å². The first-order valence-corrected chi connectivity index (χ1v) is 6.42. The second-order valence-corrected chi connectivity index (χ2v) is 4.77. The molecule has 0 aliphatic rings. The van der Waals surface area contributed by atoms with Crippen molar-refractivity contribution in [1.82, 2.24) is 9.97 Å². The SMILES string of the molecule is Cc1csc(NC(=O)C=Cc2ccnc(Cl)c2)n1. The zero-order valence-electron chi connectivity index (χ0n) is 9.55. The van der Waals surface area contributed by atoms with Crippen molar-refractivity contribution in [1.29, 1.82) is 0 Å². The van der Waals surface area contributed by atoms with E-state index in [2.05, 4.69) is 15.3 Å². The fourth-order valence-corrected chi connectivity index (χ4v) is 2.12. The van der Waals surface area contributed by atoms with Gasteiger partial charge in [0.05, 0.1) is 5.69 Å². The van der Waals surface area contributed by atoms with Gasteiger partial charge in [-0.25, -0.2) is 9.97 Å². The maximum absolute atomic E-state index is 11.6. The first kappa shape index (κ1) is 12.7. The lowest BCUT2D eigenvalue weighted by Gasteiger charge is -1.96. The molecule has 2 rings (SSSR count). The summed E-state index contributed by atoms with van der Waals surface area (Å²) in [6.45, 7) is 1.88. The van der Waals surface area contributed by atoms with Gasteiger partial charge in [-0.2, -0.15) is 0 Å². The Balaban J connectivity index is 1.99. The largest absolute Gasteiger partial charge is 0.298 e. The van der Waals surface area contributed by atoms with Crippen LogP contribution in [0.15, 0.2) is 29.8 Å². The van der Waals surface area contributed by atoms with Crippen LogP contribution in [-0.4, -0.2) is 15.9 Å². The molecule has 0 aromatic carbocycles. The van der Waals surface area contributed by atoms with Gasteiger partial charge in [-0.3, -0.25) is 10.1 Å². The summed E-state index contributed by atoms with van der Waals surface area (Å²) < 4.78 is 0. The van der Waals surface area contributed by atoms with E-state index in [0.717, 1.165) is 11.3 Å². The van der Waals surface area contributed by atoms with E-state index in [0.29, 0.717) is 10.3 Å². The fourth-order valence-electron chi connectivity index (χ4n) is 1.25.